The lowest BCUT2D eigenvalue weighted by Gasteiger charge is -2.33. The van der Waals surface area contributed by atoms with Gasteiger partial charge in [-0.3, -0.25) is 9.89 Å². The molecule has 3 heterocycles. The summed E-state index contributed by atoms with van der Waals surface area (Å²) in [5.41, 5.74) is 1.40. The molecule has 0 aliphatic carbocycles. The summed E-state index contributed by atoms with van der Waals surface area (Å²) in [4.78, 5) is 15.4. The first-order chi connectivity index (χ1) is 9.25. The third-order valence-corrected chi connectivity index (χ3v) is 4.25. The van der Waals surface area contributed by atoms with Crippen molar-refractivity contribution >= 4 is 17.2 Å². The van der Waals surface area contributed by atoms with Crippen LogP contribution in [-0.2, 0) is 0 Å². The minimum absolute atomic E-state index is 0.00746. The molecule has 1 aliphatic rings. The molecule has 2 N–H and O–H groups in total. The number of nitrogens with zero attached hydrogens (tertiary/aromatic N) is 2. The number of amides is 1. The monoisotopic (exact) mass is 276 g/mol. The topological polar surface area (TPSA) is 61.0 Å². The zero-order chi connectivity index (χ0) is 13.2. The predicted octanol–water partition coefficient (Wildman–Crippen LogP) is 1.57. The van der Waals surface area contributed by atoms with E-state index < -0.39 is 0 Å². The molecule has 1 atom stereocenters. The fraction of sp³-hybridized carbons (Fsp3) is 0.385. The Balaban J connectivity index is 1.80. The van der Waals surface area contributed by atoms with Gasteiger partial charge >= 0.3 is 0 Å². The van der Waals surface area contributed by atoms with E-state index in [0.717, 1.165) is 30.2 Å². The maximum absolute atomic E-state index is 12.4. The molecule has 0 radical (unpaired) electrons. The van der Waals surface area contributed by atoms with Gasteiger partial charge in [-0.2, -0.15) is 5.10 Å². The lowest BCUT2D eigenvalue weighted by Crippen LogP contribution is -2.52. The first kappa shape index (κ1) is 12.4. The number of hydrogen-bond acceptors (Lipinski definition) is 4. The van der Waals surface area contributed by atoms with Gasteiger partial charge in [0.25, 0.3) is 5.91 Å². The van der Waals surface area contributed by atoms with E-state index in [1.165, 1.54) is 0 Å². The number of aromatic nitrogens is 2. The van der Waals surface area contributed by atoms with Crippen LogP contribution in [0.3, 0.4) is 0 Å². The number of piperazine rings is 1. The highest BCUT2D eigenvalue weighted by Gasteiger charge is 2.25. The van der Waals surface area contributed by atoms with E-state index in [9.17, 15) is 4.79 Å². The van der Waals surface area contributed by atoms with Crippen LogP contribution in [0.1, 0.15) is 17.4 Å². The lowest BCUT2D eigenvalue weighted by molar-refractivity contribution is 0.0649. The molecule has 1 aliphatic heterocycles. The van der Waals surface area contributed by atoms with Gasteiger partial charge in [-0.05, 0) is 24.4 Å². The van der Waals surface area contributed by atoms with Gasteiger partial charge in [-0.25, -0.2) is 0 Å². The molecule has 6 heteroatoms. The molecule has 2 aromatic heterocycles. The Bertz CT molecular complexity index is 563. The summed E-state index contributed by atoms with van der Waals surface area (Å²) in [5, 5.41) is 12.4. The van der Waals surface area contributed by atoms with Crippen molar-refractivity contribution in [2.45, 2.75) is 13.0 Å². The maximum Gasteiger partial charge on any atom is 0.274 e. The summed E-state index contributed by atoms with van der Waals surface area (Å²) in [7, 11) is 0. The summed E-state index contributed by atoms with van der Waals surface area (Å²) in [5.74, 6) is 0.00746. The van der Waals surface area contributed by atoms with Crippen LogP contribution in [0.2, 0.25) is 0 Å². The van der Waals surface area contributed by atoms with Gasteiger partial charge in [0.15, 0.2) is 5.69 Å². The van der Waals surface area contributed by atoms with Crippen LogP contribution in [-0.4, -0.2) is 46.7 Å². The van der Waals surface area contributed by atoms with E-state index in [1.54, 1.807) is 11.3 Å². The van der Waals surface area contributed by atoms with E-state index in [2.05, 4.69) is 22.4 Å². The lowest BCUT2D eigenvalue weighted by atomic mass is 10.2. The molecule has 0 saturated carbocycles. The van der Waals surface area contributed by atoms with Gasteiger partial charge in [0.05, 0.1) is 10.6 Å². The average molecular weight is 276 g/mol. The van der Waals surface area contributed by atoms with Crippen LogP contribution in [0, 0.1) is 0 Å². The number of aromatic amines is 1. The van der Waals surface area contributed by atoms with Crippen LogP contribution < -0.4 is 5.32 Å². The smallest absolute Gasteiger partial charge is 0.274 e. The van der Waals surface area contributed by atoms with E-state index in [-0.39, 0.29) is 11.9 Å². The Hall–Kier alpha value is -1.66. The number of H-pyrrole nitrogens is 1. The Morgan fingerprint density at radius 2 is 2.47 bits per heavy atom. The van der Waals surface area contributed by atoms with Crippen molar-refractivity contribution in [2.75, 3.05) is 19.6 Å². The number of thiophene rings is 1. The quantitative estimate of drug-likeness (QED) is 0.875. The molecular weight excluding hydrogens is 260 g/mol. The number of rotatable bonds is 2. The number of hydrogen-bond donors (Lipinski definition) is 2. The van der Waals surface area contributed by atoms with Crippen molar-refractivity contribution in [3.05, 3.63) is 29.3 Å². The van der Waals surface area contributed by atoms with Crippen LogP contribution in [0.25, 0.3) is 10.6 Å². The van der Waals surface area contributed by atoms with Crippen molar-refractivity contribution < 1.29 is 4.79 Å². The van der Waals surface area contributed by atoms with Gasteiger partial charge in [0.2, 0.25) is 0 Å². The van der Waals surface area contributed by atoms with Crippen LogP contribution in [0.15, 0.2) is 23.6 Å². The van der Waals surface area contributed by atoms with Gasteiger partial charge < -0.3 is 10.2 Å². The van der Waals surface area contributed by atoms with Gasteiger partial charge in [0.1, 0.15) is 0 Å². The van der Waals surface area contributed by atoms with Crippen molar-refractivity contribution in [1.82, 2.24) is 20.4 Å². The van der Waals surface area contributed by atoms with E-state index in [0.29, 0.717) is 5.69 Å². The second kappa shape index (κ2) is 5.14. The maximum atomic E-state index is 12.4. The molecule has 1 amide bonds. The molecule has 3 rings (SSSR count). The normalized spacial score (nSPS) is 19.6. The molecule has 5 nitrogen and oxygen atoms in total. The largest absolute Gasteiger partial charge is 0.332 e. The third kappa shape index (κ3) is 2.41. The minimum Gasteiger partial charge on any atom is -0.332 e. The minimum atomic E-state index is 0.00746. The van der Waals surface area contributed by atoms with E-state index in [4.69, 9.17) is 0 Å². The standard InChI is InChI=1S/C13H16N4OS/c1-9-8-14-4-5-17(9)13(18)11-7-10(15-16-11)12-3-2-6-19-12/h2-3,6-7,9,14H,4-5,8H2,1H3,(H,15,16). The zero-order valence-corrected chi connectivity index (χ0v) is 11.5. The first-order valence-corrected chi connectivity index (χ1v) is 7.24. The Morgan fingerprint density at radius 3 is 3.21 bits per heavy atom. The SMILES string of the molecule is CC1CNCCN1C(=O)c1cc(-c2cccs2)[nH]n1. The molecule has 0 aromatic carbocycles. The number of nitrogens with one attached hydrogen (secondary N) is 2. The molecular formula is C13H16N4OS. The van der Waals surface area contributed by atoms with Crippen molar-refractivity contribution in [3.63, 3.8) is 0 Å². The highest BCUT2D eigenvalue weighted by Crippen LogP contribution is 2.23. The average Bonchev–Trinajstić information content (AvgIpc) is 3.09. The Kier molecular flexibility index (Phi) is 3.35. The van der Waals surface area contributed by atoms with Gasteiger partial charge in [-0.1, -0.05) is 6.07 Å². The Labute approximate surface area is 115 Å². The number of carbonyl (C=O) groups is 1. The van der Waals surface area contributed by atoms with Crippen LogP contribution >= 0.6 is 11.3 Å². The number of carbonyl (C=O) groups excluding carboxylic acids is 1. The fourth-order valence-corrected chi connectivity index (χ4v) is 2.97. The highest BCUT2D eigenvalue weighted by atomic mass is 32.1. The van der Waals surface area contributed by atoms with Crippen molar-refractivity contribution in [2.24, 2.45) is 0 Å². The van der Waals surface area contributed by atoms with E-state index >= 15 is 0 Å². The summed E-state index contributed by atoms with van der Waals surface area (Å²) in [6.07, 6.45) is 0. The highest BCUT2D eigenvalue weighted by molar-refractivity contribution is 7.13. The second-order valence-electron chi connectivity index (χ2n) is 4.70. The molecule has 0 bridgehead atoms. The first-order valence-electron chi connectivity index (χ1n) is 6.36. The summed E-state index contributed by atoms with van der Waals surface area (Å²) in [6.45, 7) is 4.48. The van der Waals surface area contributed by atoms with E-state index in [1.807, 2.05) is 28.5 Å². The summed E-state index contributed by atoms with van der Waals surface area (Å²) >= 11 is 1.63. The van der Waals surface area contributed by atoms with Crippen LogP contribution in [0.4, 0.5) is 0 Å². The summed E-state index contributed by atoms with van der Waals surface area (Å²) in [6, 6.07) is 6.05. The van der Waals surface area contributed by atoms with Crippen molar-refractivity contribution in [1.29, 1.82) is 0 Å². The fourth-order valence-electron chi connectivity index (χ4n) is 2.28. The molecule has 0 spiro atoms. The van der Waals surface area contributed by atoms with Crippen molar-refractivity contribution in [3.8, 4) is 10.6 Å². The third-order valence-electron chi connectivity index (χ3n) is 3.35. The second-order valence-corrected chi connectivity index (χ2v) is 5.64. The Morgan fingerprint density at radius 1 is 1.58 bits per heavy atom. The van der Waals surface area contributed by atoms with Gasteiger partial charge in [-0.15, -0.1) is 11.3 Å². The zero-order valence-electron chi connectivity index (χ0n) is 10.7. The van der Waals surface area contributed by atoms with Crippen LogP contribution in [0.5, 0.6) is 0 Å². The molecule has 1 unspecified atom stereocenters. The molecule has 100 valence electrons. The predicted molar refractivity (Wildman–Crippen MR) is 75.3 cm³/mol. The molecule has 1 saturated heterocycles. The van der Waals surface area contributed by atoms with Gasteiger partial charge in [0, 0.05) is 25.7 Å². The molecule has 19 heavy (non-hydrogen) atoms. The molecule has 1 fully saturated rings. The summed E-state index contributed by atoms with van der Waals surface area (Å²) < 4.78 is 0. The molecule has 2 aromatic rings.